The van der Waals surface area contributed by atoms with Crippen molar-refractivity contribution < 1.29 is 37.4 Å². The molecular formula is C29H29F2NO6. The monoisotopic (exact) mass is 525 g/mol. The minimum absolute atomic E-state index is 0.121. The summed E-state index contributed by atoms with van der Waals surface area (Å²) in [5, 5.41) is 0. The molecule has 200 valence electrons. The number of ether oxygens (including phenoxy) is 3. The minimum Gasteiger partial charge on any atom is -0.493 e. The van der Waals surface area contributed by atoms with Gasteiger partial charge in [-0.1, -0.05) is 25.1 Å². The van der Waals surface area contributed by atoms with Crippen LogP contribution >= 0.6 is 0 Å². The zero-order valence-corrected chi connectivity index (χ0v) is 21.8. The summed E-state index contributed by atoms with van der Waals surface area (Å²) in [6.07, 6.45) is 0.334. The summed E-state index contributed by atoms with van der Waals surface area (Å²) < 4.78 is 43.5. The van der Waals surface area contributed by atoms with E-state index in [2.05, 4.69) is 4.98 Å². The van der Waals surface area contributed by atoms with Crippen molar-refractivity contribution in [2.24, 2.45) is 5.92 Å². The predicted molar refractivity (Wildman–Crippen MR) is 135 cm³/mol. The number of rotatable bonds is 10. The average molecular weight is 526 g/mol. The van der Waals surface area contributed by atoms with E-state index in [9.17, 15) is 23.2 Å². The average Bonchev–Trinajstić information content (AvgIpc) is 2.86. The number of halogens is 2. The Morgan fingerprint density at radius 3 is 2.24 bits per heavy atom. The van der Waals surface area contributed by atoms with Crippen molar-refractivity contribution >= 4 is 17.7 Å². The van der Waals surface area contributed by atoms with Gasteiger partial charge in [-0.3, -0.25) is 14.4 Å². The van der Waals surface area contributed by atoms with E-state index in [1.165, 1.54) is 57.5 Å². The number of methoxy groups -OCH3 is 1. The second kappa shape index (κ2) is 12.4. The van der Waals surface area contributed by atoms with Gasteiger partial charge in [-0.05, 0) is 54.8 Å². The highest BCUT2D eigenvalue weighted by Crippen LogP contribution is 2.34. The van der Waals surface area contributed by atoms with Crippen LogP contribution in [0.25, 0.3) is 0 Å². The topological polar surface area (TPSA) is 91.8 Å². The zero-order chi connectivity index (χ0) is 28.0. The molecule has 0 N–H and O–H groups in total. The normalized spacial score (nSPS) is 13.2. The number of benzene rings is 2. The van der Waals surface area contributed by atoms with Gasteiger partial charge in [0.15, 0.2) is 17.2 Å². The summed E-state index contributed by atoms with van der Waals surface area (Å²) in [4.78, 5) is 41.6. The third-order valence-corrected chi connectivity index (χ3v) is 6.06. The molecule has 9 heteroatoms. The number of Topliss-reactive ketones (excluding diaryl/α,β-unsaturated/α-hetero) is 1. The number of carbonyl (C=O) groups excluding carboxylic acids is 3. The lowest BCUT2D eigenvalue weighted by Crippen LogP contribution is -2.28. The molecule has 0 spiro atoms. The van der Waals surface area contributed by atoms with Gasteiger partial charge in [0.1, 0.15) is 17.7 Å². The van der Waals surface area contributed by atoms with E-state index in [0.717, 1.165) is 0 Å². The summed E-state index contributed by atoms with van der Waals surface area (Å²) >= 11 is 0. The lowest BCUT2D eigenvalue weighted by Gasteiger charge is -2.27. The highest BCUT2D eigenvalue weighted by molar-refractivity contribution is 5.99. The Bertz CT molecular complexity index is 1330. The maximum atomic E-state index is 13.8. The van der Waals surface area contributed by atoms with Gasteiger partial charge in [-0.15, -0.1) is 0 Å². The number of pyridine rings is 1. The van der Waals surface area contributed by atoms with Crippen molar-refractivity contribution in [1.82, 2.24) is 4.98 Å². The van der Waals surface area contributed by atoms with Gasteiger partial charge in [0.25, 0.3) is 0 Å². The van der Waals surface area contributed by atoms with E-state index in [-0.39, 0.29) is 23.6 Å². The van der Waals surface area contributed by atoms with Crippen LogP contribution in [0.3, 0.4) is 0 Å². The fourth-order valence-corrected chi connectivity index (χ4v) is 4.22. The third-order valence-electron chi connectivity index (χ3n) is 6.06. The second-order valence-corrected chi connectivity index (χ2v) is 8.99. The number of hydrogen-bond donors (Lipinski definition) is 0. The van der Waals surface area contributed by atoms with Gasteiger partial charge in [0.2, 0.25) is 5.75 Å². The fourth-order valence-electron chi connectivity index (χ4n) is 4.22. The number of esters is 2. The number of ketones is 1. The molecule has 0 aliphatic heterocycles. The fraction of sp³-hybridized carbons (Fsp3) is 0.310. The summed E-state index contributed by atoms with van der Waals surface area (Å²) in [6.45, 7) is 6.15. The molecule has 0 aliphatic rings. The van der Waals surface area contributed by atoms with Gasteiger partial charge in [0.05, 0.1) is 13.0 Å². The third kappa shape index (κ3) is 6.79. The molecular weight excluding hydrogens is 496 g/mol. The molecule has 0 bridgehead atoms. The SMILES string of the molecule is COc1ccnc(C(=O)C[C@@H](C)C(=O)O[C@@H](C)[C@@H](c2ccc(F)cc2)c2ccc(F)cc2C)c1OC(C)=O. The number of carbonyl (C=O) groups is 3. The number of hydrogen-bond acceptors (Lipinski definition) is 7. The van der Waals surface area contributed by atoms with Crippen molar-refractivity contribution in [3.63, 3.8) is 0 Å². The summed E-state index contributed by atoms with van der Waals surface area (Å²) in [5.74, 6) is -4.01. The van der Waals surface area contributed by atoms with Crippen molar-refractivity contribution in [3.8, 4) is 11.5 Å². The van der Waals surface area contributed by atoms with Crippen LogP contribution in [0, 0.1) is 24.5 Å². The number of aryl methyl sites for hydroxylation is 1. The Balaban J connectivity index is 1.82. The summed E-state index contributed by atoms with van der Waals surface area (Å²) in [7, 11) is 1.36. The van der Waals surface area contributed by atoms with E-state index < -0.39 is 47.3 Å². The van der Waals surface area contributed by atoms with E-state index in [1.807, 2.05) is 0 Å². The highest BCUT2D eigenvalue weighted by Gasteiger charge is 2.30. The van der Waals surface area contributed by atoms with Gasteiger partial charge >= 0.3 is 11.9 Å². The van der Waals surface area contributed by atoms with E-state index in [1.54, 1.807) is 32.0 Å². The molecule has 0 fully saturated rings. The van der Waals surface area contributed by atoms with Crippen LogP contribution in [0.2, 0.25) is 0 Å². The maximum absolute atomic E-state index is 13.8. The van der Waals surface area contributed by atoms with Crippen LogP contribution < -0.4 is 9.47 Å². The first-order valence-corrected chi connectivity index (χ1v) is 12.0. The zero-order valence-electron chi connectivity index (χ0n) is 21.8. The molecule has 0 amide bonds. The van der Waals surface area contributed by atoms with E-state index in [0.29, 0.717) is 16.7 Å². The van der Waals surface area contributed by atoms with E-state index >= 15 is 0 Å². The van der Waals surface area contributed by atoms with E-state index in [4.69, 9.17) is 14.2 Å². The molecule has 3 rings (SSSR count). The van der Waals surface area contributed by atoms with Crippen LogP contribution in [0.4, 0.5) is 8.78 Å². The number of nitrogens with zero attached hydrogens (tertiary/aromatic N) is 1. The molecule has 3 atom stereocenters. The van der Waals surface area contributed by atoms with Crippen LogP contribution in [-0.4, -0.2) is 35.9 Å². The Kier molecular flexibility index (Phi) is 9.28. The molecule has 0 saturated carbocycles. The van der Waals surface area contributed by atoms with Crippen molar-refractivity contribution in [2.75, 3.05) is 7.11 Å². The molecule has 0 unspecified atom stereocenters. The Labute approximate surface area is 219 Å². The first kappa shape index (κ1) is 28.4. The quantitative estimate of drug-likeness (QED) is 0.252. The van der Waals surface area contributed by atoms with Crippen LogP contribution in [0.15, 0.2) is 54.7 Å². The minimum atomic E-state index is -0.869. The van der Waals surface area contributed by atoms with Crippen LogP contribution in [0.1, 0.15) is 60.3 Å². The van der Waals surface area contributed by atoms with Gasteiger partial charge in [-0.25, -0.2) is 13.8 Å². The summed E-state index contributed by atoms with van der Waals surface area (Å²) in [6, 6.07) is 11.5. The van der Waals surface area contributed by atoms with Gasteiger partial charge in [-0.2, -0.15) is 0 Å². The molecule has 0 radical (unpaired) electrons. The Morgan fingerprint density at radius 2 is 1.63 bits per heavy atom. The van der Waals surface area contributed by atoms with Crippen molar-refractivity contribution in [3.05, 3.63) is 88.7 Å². The second-order valence-electron chi connectivity index (χ2n) is 8.99. The molecule has 0 aliphatic carbocycles. The first-order valence-electron chi connectivity index (χ1n) is 12.0. The smallest absolute Gasteiger partial charge is 0.309 e. The van der Waals surface area contributed by atoms with Crippen molar-refractivity contribution in [2.45, 2.75) is 46.1 Å². The van der Waals surface area contributed by atoms with Crippen LogP contribution in [0.5, 0.6) is 11.5 Å². The van der Waals surface area contributed by atoms with Gasteiger partial charge < -0.3 is 14.2 Å². The first-order chi connectivity index (χ1) is 18.0. The lowest BCUT2D eigenvalue weighted by molar-refractivity contribution is -0.153. The largest absolute Gasteiger partial charge is 0.493 e. The molecule has 0 saturated heterocycles. The predicted octanol–water partition coefficient (Wildman–Crippen LogP) is 5.57. The molecule has 2 aromatic carbocycles. The standard InChI is InChI=1S/C29H29F2NO6/c1-16-14-22(31)10-11-23(16)26(20-6-8-21(30)9-7-20)18(3)37-29(35)17(2)15-24(34)27-28(38-19(4)33)25(36-5)12-13-32-27/h6-14,17-18,26H,15H2,1-5H3/t17-,18+,26+/m1/s1. The Hall–Kier alpha value is -4.14. The highest BCUT2D eigenvalue weighted by atomic mass is 19.1. The molecule has 3 aromatic rings. The molecule has 38 heavy (non-hydrogen) atoms. The van der Waals surface area contributed by atoms with Crippen LogP contribution in [-0.2, 0) is 14.3 Å². The maximum Gasteiger partial charge on any atom is 0.309 e. The Morgan fingerprint density at radius 1 is 0.974 bits per heavy atom. The van der Waals surface area contributed by atoms with Crippen molar-refractivity contribution in [1.29, 1.82) is 0 Å². The molecule has 1 aromatic heterocycles. The lowest BCUT2D eigenvalue weighted by atomic mass is 9.84. The molecule has 7 nitrogen and oxygen atoms in total. The number of aromatic nitrogens is 1. The van der Waals surface area contributed by atoms with Gasteiger partial charge in [0, 0.05) is 31.5 Å². The summed E-state index contributed by atoms with van der Waals surface area (Å²) in [5.41, 5.74) is 1.90. The molecule has 1 heterocycles.